The van der Waals surface area contributed by atoms with Gasteiger partial charge in [-0.1, -0.05) is 12.1 Å². The number of fused-ring (bicyclic) bond motifs is 2. The first-order valence-electron chi connectivity index (χ1n) is 9.75. The third kappa shape index (κ3) is 3.10. The van der Waals surface area contributed by atoms with Crippen LogP contribution in [0.3, 0.4) is 0 Å². The predicted octanol–water partition coefficient (Wildman–Crippen LogP) is -0.383. The van der Waals surface area contributed by atoms with E-state index >= 15 is 0 Å². The van der Waals surface area contributed by atoms with Gasteiger partial charge in [0.25, 0.3) is 0 Å². The third-order valence-corrected chi connectivity index (χ3v) is 5.88. The second-order valence-electron chi connectivity index (χ2n) is 7.87. The first-order valence-corrected chi connectivity index (χ1v) is 9.75. The molecule has 166 valence electrons. The van der Waals surface area contributed by atoms with E-state index in [9.17, 15) is 34.8 Å². The van der Waals surface area contributed by atoms with Crippen LogP contribution in [0, 0.1) is 0 Å². The molecule has 1 aromatic rings. The van der Waals surface area contributed by atoms with Gasteiger partial charge < -0.3 is 34.6 Å². The highest BCUT2D eigenvalue weighted by Gasteiger charge is 2.62. The molecular weight excluding hydrogens is 412 g/mol. The monoisotopic (exact) mass is 434 g/mol. The maximum Gasteiger partial charge on any atom is 0.308 e. The van der Waals surface area contributed by atoms with Crippen LogP contribution in [0.5, 0.6) is 5.75 Å². The number of carbonyl (C=O) groups is 3. The lowest BCUT2D eigenvalue weighted by atomic mass is 9.72. The summed E-state index contributed by atoms with van der Waals surface area (Å²) < 4.78 is 16.2. The van der Waals surface area contributed by atoms with Crippen molar-refractivity contribution in [2.45, 2.75) is 56.1 Å². The van der Waals surface area contributed by atoms with Crippen molar-refractivity contribution in [3.8, 4) is 5.75 Å². The number of methoxy groups -OCH3 is 1. The Morgan fingerprint density at radius 1 is 1.19 bits per heavy atom. The van der Waals surface area contributed by atoms with Gasteiger partial charge in [0.05, 0.1) is 36.9 Å². The molecule has 1 aliphatic carbocycles. The Labute approximate surface area is 176 Å². The van der Waals surface area contributed by atoms with E-state index < -0.39 is 77.2 Å². The minimum atomic E-state index is -2.34. The Hall–Kier alpha value is -2.63. The van der Waals surface area contributed by atoms with Crippen molar-refractivity contribution >= 4 is 17.5 Å². The van der Waals surface area contributed by atoms with Crippen molar-refractivity contribution in [1.82, 2.24) is 0 Å². The number of hydrogen-bond acceptors (Lipinski definition) is 10. The van der Waals surface area contributed by atoms with Crippen LogP contribution in [-0.4, -0.2) is 81.4 Å². The highest BCUT2D eigenvalue weighted by Crippen LogP contribution is 2.48. The first-order chi connectivity index (χ1) is 14.6. The number of phenols is 1. The number of carbonyl (C=O) groups excluding carboxylic acids is 3. The van der Waals surface area contributed by atoms with Crippen LogP contribution in [0.1, 0.15) is 40.5 Å². The molecule has 4 N–H and O–H groups in total. The summed E-state index contributed by atoms with van der Waals surface area (Å²) in [6.45, 7) is 1.57. The molecule has 0 aromatic heterocycles. The van der Waals surface area contributed by atoms with E-state index in [1.807, 2.05) is 0 Å². The zero-order chi connectivity index (χ0) is 22.7. The lowest BCUT2D eigenvalue weighted by Gasteiger charge is -2.52. The van der Waals surface area contributed by atoms with E-state index in [1.54, 1.807) is 6.92 Å². The lowest BCUT2D eigenvalue weighted by Crippen LogP contribution is -2.66. The van der Waals surface area contributed by atoms with Gasteiger partial charge in [-0.05, 0) is 13.0 Å². The Morgan fingerprint density at radius 2 is 1.90 bits per heavy atom. The maximum atomic E-state index is 13.5. The molecule has 1 spiro atoms. The van der Waals surface area contributed by atoms with Crippen molar-refractivity contribution in [2.75, 3.05) is 7.11 Å². The van der Waals surface area contributed by atoms with Crippen molar-refractivity contribution in [3.63, 3.8) is 0 Å². The van der Waals surface area contributed by atoms with Gasteiger partial charge in [-0.15, -0.1) is 0 Å². The number of ether oxygens (including phenoxy) is 3. The molecule has 0 saturated carbocycles. The van der Waals surface area contributed by atoms with Crippen molar-refractivity contribution in [2.24, 2.45) is 0 Å². The third-order valence-electron chi connectivity index (χ3n) is 5.88. The number of aliphatic hydroxyl groups excluding tert-OH is 3. The maximum absolute atomic E-state index is 13.5. The molecule has 0 amide bonds. The Morgan fingerprint density at radius 3 is 2.58 bits per heavy atom. The van der Waals surface area contributed by atoms with Crippen LogP contribution in [0.25, 0.3) is 0 Å². The zero-order valence-electron chi connectivity index (χ0n) is 16.8. The summed E-state index contributed by atoms with van der Waals surface area (Å²) >= 11 is 0. The molecule has 4 rings (SSSR count). The Kier molecular flexibility index (Phi) is 5.23. The molecular formula is C21H22O10. The van der Waals surface area contributed by atoms with Gasteiger partial charge in [0.1, 0.15) is 24.1 Å². The van der Waals surface area contributed by atoms with Crippen LogP contribution in [0.4, 0.5) is 0 Å². The van der Waals surface area contributed by atoms with E-state index in [-0.39, 0.29) is 17.5 Å². The topological polar surface area (TPSA) is 160 Å². The molecule has 2 aliphatic heterocycles. The van der Waals surface area contributed by atoms with Gasteiger partial charge in [0.15, 0.2) is 11.6 Å². The molecule has 0 unspecified atom stereocenters. The number of Topliss-reactive ketones (excluding diaryl/α,β-unsaturated/α-hetero) is 2. The van der Waals surface area contributed by atoms with Gasteiger partial charge in [0, 0.05) is 17.6 Å². The summed E-state index contributed by atoms with van der Waals surface area (Å²) in [7, 11) is 1.13. The Balaban J connectivity index is 1.96. The van der Waals surface area contributed by atoms with E-state index in [4.69, 9.17) is 9.47 Å². The fourth-order valence-corrected chi connectivity index (χ4v) is 4.48. The summed E-state index contributed by atoms with van der Waals surface area (Å²) in [5.74, 6) is -5.25. The highest BCUT2D eigenvalue weighted by atomic mass is 16.7. The van der Waals surface area contributed by atoms with Gasteiger partial charge in [-0.25, -0.2) is 0 Å². The van der Waals surface area contributed by atoms with E-state index in [0.717, 1.165) is 7.11 Å². The van der Waals surface area contributed by atoms with Crippen LogP contribution >= 0.6 is 0 Å². The van der Waals surface area contributed by atoms with E-state index in [2.05, 4.69) is 4.74 Å². The second-order valence-corrected chi connectivity index (χ2v) is 7.87. The zero-order valence-corrected chi connectivity index (χ0v) is 16.8. The molecule has 0 radical (unpaired) electrons. The summed E-state index contributed by atoms with van der Waals surface area (Å²) in [5.41, 5.74) is -1.38. The molecule has 1 aromatic carbocycles. The van der Waals surface area contributed by atoms with Crippen LogP contribution < -0.4 is 0 Å². The van der Waals surface area contributed by atoms with Crippen LogP contribution in [0.2, 0.25) is 0 Å². The van der Waals surface area contributed by atoms with Crippen LogP contribution in [-0.2, 0) is 19.0 Å². The molecule has 31 heavy (non-hydrogen) atoms. The van der Waals surface area contributed by atoms with Gasteiger partial charge in [-0.3, -0.25) is 14.4 Å². The normalized spacial score (nSPS) is 35.1. The number of esters is 1. The number of benzene rings is 1. The second kappa shape index (κ2) is 7.50. The summed E-state index contributed by atoms with van der Waals surface area (Å²) in [5, 5.41) is 42.4. The van der Waals surface area contributed by atoms with Crippen molar-refractivity contribution < 1.29 is 49.0 Å². The van der Waals surface area contributed by atoms with Gasteiger partial charge in [0.2, 0.25) is 5.79 Å². The average Bonchev–Trinajstić information content (AvgIpc) is 2.72. The predicted molar refractivity (Wildman–Crippen MR) is 101 cm³/mol. The molecule has 1 fully saturated rings. The average molecular weight is 434 g/mol. The summed E-state index contributed by atoms with van der Waals surface area (Å²) in [4.78, 5) is 38.6. The minimum Gasteiger partial charge on any atom is -0.507 e. The smallest absolute Gasteiger partial charge is 0.308 e. The molecule has 10 heteroatoms. The van der Waals surface area contributed by atoms with Gasteiger partial charge in [-0.2, -0.15) is 0 Å². The van der Waals surface area contributed by atoms with Crippen LogP contribution in [0.15, 0.2) is 29.3 Å². The summed E-state index contributed by atoms with van der Waals surface area (Å²) in [6.07, 6.45) is -7.54. The van der Waals surface area contributed by atoms with Crippen molar-refractivity contribution in [3.05, 3.63) is 40.5 Å². The van der Waals surface area contributed by atoms with E-state index in [1.165, 1.54) is 18.2 Å². The number of ketones is 2. The fraction of sp³-hybridized carbons (Fsp3) is 0.476. The first kappa shape index (κ1) is 21.6. The van der Waals surface area contributed by atoms with Crippen molar-refractivity contribution in [1.29, 1.82) is 0 Å². The summed E-state index contributed by atoms with van der Waals surface area (Å²) in [6, 6.07) is 3.91. The highest BCUT2D eigenvalue weighted by molar-refractivity contribution is 6.29. The SMILES string of the molecule is COC(=O)C[C@H]1O[C@]2(O[C@H](C)C[C@H](O)[C@H]2O)C2=C(C(=O)c3cccc(O)c3C2=O)[C@H]1O. The quantitative estimate of drug-likeness (QED) is 0.452. The largest absolute Gasteiger partial charge is 0.507 e. The minimum absolute atomic E-state index is 0.0170. The number of aliphatic hydroxyl groups is 3. The van der Waals surface area contributed by atoms with E-state index in [0.29, 0.717) is 0 Å². The fourth-order valence-electron chi connectivity index (χ4n) is 4.48. The Bertz CT molecular complexity index is 998. The molecule has 3 aliphatic rings. The number of aromatic hydroxyl groups is 1. The van der Waals surface area contributed by atoms with Gasteiger partial charge >= 0.3 is 5.97 Å². The number of rotatable bonds is 2. The lowest BCUT2D eigenvalue weighted by molar-refractivity contribution is -0.340. The molecule has 0 bridgehead atoms. The number of phenolic OH excluding ortho intramolecular Hbond substituents is 1. The number of hydrogen-bond donors (Lipinski definition) is 4. The molecule has 1 saturated heterocycles. The molecule has 2 heterocycles. The molecule has 10 nitrogen and oxygen atoms in total. The standard InChI is InChI=1S/C21H22O10/c1-8-6-11(23)20(28)21(30-8)16-15(18(26)12(31-21)7-13(24)29-2)17(25)9-4-3-5-10(22)14(9)19(16)27/h3-5,8,11-12,18,20,22-23,26,28H,6-7H2,1-2H3/t8-,11+,12-,18+,20-,21-/m1/s1. The molecule has 6 atom stereocenters.